The zero-order chi connectivity index (χ0) is 14.1. The van der Waals surface area contributed by atoms with Crippen LogP contribution in [-0.2, 0) is 6.42 Å². The molecule has 1 unspecified atom stereocenters. The van der Waals surface area contributed by atoms with Gasteiger partial charge in [0, 0.05) is 16.8 Å². The first kappa shape index (κ1) is 16.7. The lowest BCUT2D eigenvalue weighted by molar-refractivity contribution is 0.406. The van der Waals surface area contributed by atoms with Gasteiger partial charge < -0.3 is 10.1 Å². The fraction of sp³-hybridized carbons (Fsp3) is 0.600. The molecule has 0 aliphatic carbocycles. The van der Waals surface area contributed by atoms with Gasteiger partial charge in [0.25, 0.3) is 0 Å². The highest BCUT2D eigenvalue weighted by Gasteiger charge is 2.12. The molecule has 4 heteroatoms. The van der Waals surface area contributed by atoms with Crippen molar-refractivity contribution in [3.05, 3.63) is 28.8 Å². The Bertz CT molecular complexity index is 373. The Morgan fingerprint density at radius 2 is 2.16 bits per heavy atom. The van der Waals surface area contributed by atoms with Crippen LogP contribution in [0.4, 0.5) is 0 Å². The van der Waals surface area contributed by atoms with Crippen molar-refractivity contribution in [2.24, 2.45) is 0 Å². The zero-order valence-corrected chi connectivity index (χ0v) is 13.6. The molecule has 0 heterocycles. The van der Waals surface area contributed by atoms with Crippen molar-refractivity contribution in [2.75, 3.05) is 25.2 Å². The van der Waals surface area contributed by atoms with E-state index in [0.29, 0.717) is 6.04 Å². The summed E-state index contributed by atoms with van der Waals surface area (Å²) in [5.41, 5.74) is 1.18. The van der Waals surface area contributed by atoms with E-state index in [1.165, 1.54) is 17.7 Å². The maximum absolute atomic E-state index is 6.08. The van der Waals surface area contributed by atoms with E-state index < -0.39 is 0 Å². The van der Waals surface area contributed by atoms with Gasteiger partial charge >= 0.3 is 0 Å². The van der Waals surface area contributed by atoms with E-state index in [-0.39, 0.29) is 0 Å². The highest BCUT2D eigenvalue weighted by Crippen LogP contribution is 2.24. The molecule has 1 N–H and O–H groups in total. The number of methoxy groups -OCH3 is 1. The minimum atomic E-state index is 0.467. The van der Waals surface area contributed by atoms with Crippen molar-refractivity contribution >= 4 is 23.4 Å². The van der Waals surface area contributed by atoms with Crippen LogP contribution >= 0.6 is 23.4 Å². The van der Waals surface area contributed by atoms with Crippen LogP contribution < -0.4 is 10.1 Å². The molecule has 1 aromatic carbocycles. The molecule has 1 atom stereocenters. The molecular formula is C15H24ClNOS. The van der Waals surface area contributed by atoms with Crippen molar-refractivity contribution in [1.29, 1.82) is 0 Å². The van der Waals surface area contributed by atoms with Gasteiger partial charge in [-0.25, -0.2) is 0 Å². The maximum Gasteiger partial charge on any atom is 0.122 e. The summed E-state index contributed by atoms with van der Waals surface area (Å²) in [5, 5.41) is 4.31. The first-order chi connectivity index (χ1) is 9.21. The lowest BCUT2D eigenvalue weighted by Gasteiger charge is -2.19. The average molecular weight is 302 g/mol. The number of halogens is 1. The largest absolute Gasteiger partial charge is 0.496 e. The molecule has 19 heavy (non-hydrogen) atoms. The molecule has 0 spiro atoms. The molecule has 0 bridgehead atoms. The smallest absolute Gasteiger partial charge is 0.122 e. The molecule has 0 aliphatic rings. The van der Waals surface area contributed by atoms with E-state index in [2.05, 4.69) is 19.2 Å². The molecule has 0 aliphatic heterocycles. The van der Waals surface area contributed by atoms with Gasteiger partial charge in [-0.1, -0.05) is 25.4 Å². The van der Waals surface area contributed by atoms with E-state index in [1.54, 1.807) is 7.11 Å². The van der Waals surface area contributed by atoms with Gasteiger partial charge in [-0.2, -0.15) is 11.8 Å². The van der Waals surface area contributed by atoms with Crippen LogP contribution in [0.5, 0.6) is 5.75 Å². The molecule has 0 saturated heterocycles. The van der Waals surface area contributed by atoms with Crippen LogP contribution in [0, 0.1) is 0 Å². The third-order valence-electron chi connectivity index (χ3n) is 2.87. The van der Waals surface area contributed by atoms with Crippen molar-refractivity contribution in [3.63, 3.8) is 0 Å². The van der Waals surface area contributed by atoms with Gasteiger partial charge in [-0.3, -0.25) is 0 Å². The van der Waals surface area contributed by atoms with Crippen LogP contribution in [0.2, 0.25) is 5.02 Å². The van der Waals surface area contributed by atoms with Crippen molar-refractivity contribution in [1.82, 2.24) is 5.32 Å². The summed E-state index contributed by atoms with van der Waals surface area (Å²) in [4.78, 5) is 0. The first-order valence-electron chi connectivity index (χ1n) is 6.84. The molecule has 1 rings (SSSR count). The van der Waals surface area contributed by atoms with Crippen LogP contribution in [0.15, 0.2) is 18.2 Å². The van der Waals surface area contributed by atoms with Gasteiger partial charge in [0.05, 0.1) is 7.11 Å². The topological polar surface area (TPSA) is 21.3 Å². The molecule has 0 fully saturated rings. The van der Waals surface area contributed by atoms with E-state index in [0.717, 1.165) is 29.5 Å². The molecular weight excluding hydrogens is 278 g/mol. The molecule has 0 radical (unpaired) electrons. The second kappa shape index (κ2) is 9.51. The lowest BCUT2D eigenvalue weighted by Crippen LogP contribution is -2.33. The van der Waals surface area contributed by atoms with E-state index in [9.17, 15) is 0 Å². The number of ether oxygens (including phenoxy) is 1. The molecule has 0 aromatic heterocycles. The quantitative estimate of drug-likeness (QED) is 0.696. The second-order valence-electron chi connectivity index (χ2n) is 4.49. The van der Waals surface area contributed by atoms with Gasteiger partial charge in [0.2, 0.25) is 0 Å². The van der Waals surface area contributed by atoms with Crippen molar-refractivity contribution in [3.8, 4) is 5.75 Å². The normalized spacial score (nSPS) is 12.4. The fourth-order valence-electron chi connectivity index (χ4n) is 2.02. The number of benzene rings is 1. The number of likely N-dealkylation sites (N-methyl/N-ethyl adjacent to an activating group) is 1. The molecule has 0 saturated carbocycles. The average Bonchev–Trinajstić information content (AvgIpc) is 2.39. The molecule has 1 aromatic rings. The first-order valence-corrected chi connectivity index (χ1v) is 8.38. The number of hydrogen-bond acceptors (Lipinski definition) is 3. The number of rotatable bonds is 9. The van der Waals surface area contributed by atoms with Crippen LogP contribution in [-0.4, -0.2) is 31.2 Å². The van der Waals surface area contributed by atoms with E-state index in [1.807, 2.05) is 30.0 Å². The minimum absolute atomic E-state index is 0.467. The summed E-state index contributed by atoms with van der Waals surface area (Å²) >= 11 is 8.08. The van der Waals surface area contributed by atoms with Crippen molar-refractivity contribution < 1.29 is 4.74 Å². The SMILES string of the molecule is CCCSCC(Cc1cc(Cl)ccc1OC)NCC. The summed E-state index contributed by atoms with van der Waals surface area (Å²) in [5.74, 6) is 3.26. The molecule has 0 amide bonds. The summed E-state index contributed by atoms with van der Waals surface area (Å²) < 4.78 is 5.41. The Morgan fingerprint density at radius 1 is 1.37 bits per heavy atom. The van der Waals surface area contributed by atoms with Gasteiger partial charge in [0.15, 0.2) is 0 Å². The highest BCUT2D eigenvalue weighted by molar-refractivity contribution is 7.99. The third kappa shape index (κ3) is 6.07. The highest BCUT2D eigenvalue weighted by atomic mass is 35.5. The van der Waals surface area contributed by atoms with E-state index in [4.69, 9.17) is 16.3 Å². The predicted octanol–water partition coefficient (Wildman–Crippen LogP) is 4.01. The summed E-state index contributed by atoms with van der Waals surface area (Å²) in [6.45, 7) is 5.35. The minimum Gasteiger partial charge on any atom is -0.496 e. The third-order valence-corrected chi connectivity index (χ3v) is 4.44. The van der Waals surface area contributed by atoms with Gasteiger partial charge in [0.1, 0.15) is 5.75 Å². The Hall–Kier alpha value is -0.380. The Morgan fingerprint density at radius 3 is 2.79 bits per heavy atom. The van der Waals surface area contributed by atoms with E-state index >= 15 is 0 Å². The van der Waals surface area contributed by atoms with Gasteiger partial charge in [-0.05, 0) is 48.9 Å². The lowest BCUT2D eigenvalue weighted by atomic mass is 10.1. The Labute approximate surface area is 126 Å². The van der Waals surface area contributed by atoms with Crippen molar-refractivity contribution in [2.45, 2.75) is 32.7 Å². The Kier molecular flexibility index (Phi) is 8.35. The predicted molar refractivity (Wildman–Crippen MR) is 86.8 cm³/mol. The number of thioether (sulfide) groups is 1. The van der Waals surface area contributed by atoms with Crippen LogP contribution in [0.25, 0.3) is 0 Å². The van der Waals surface area contributed by atoms with Crippen LogP contribution in [0.1, 0.15) is 25.8 Å². The fourth-order valence-corrected chi connectivity index (χ4v) is 3.19. The second-order valence-corrected chi connectivity index (χ2v) is 6.08. The summed E-state index contributed by atoms with van der Waals surface area (Å²) in [6, 6.07) is 6.29. The standard InChI is InChI=1S/C15H24ClNOS/c1-4-8-19-11-14(17-5-2)10-12-9-13(16)6-7-15(12)18-3/h6-7,9,14,17H,4-5,8,10-11H2,1-3H3. The number of hydrogen-bond donors (Lipinski definition) is 1. The van der Waals surface area contributed by atoms with Gasteiger partial charge in [-0.15, -0.1) is 0 Å². The summed E-state index contributed by atoms with van der Waals surface area (Å²) in [7, 11) is 1.71. The summed E-state index contributed by atoms with van der Waals surface area (Å²) in [6.07, 6.45) is 2.18. The molecule has 108 valence electrons. The molecule has 2 nitrogen and oxygen atoms in total. The number of nitrogens with one attached hydrogen (secondary N) is 1. The zero-order valence-electron chi connectivity index (χ0n) is 12.0. The van der Waals surface area contributed by atoms with Crippen LogP contribution in [0.3, 0.4) is 0 Å². The maximum atomic E-state index is 6.08. The monoisotopic (exact) mass is 301 g/mol. The Balaban J connectivity index is 2.68.